The maximum atomic E-state index is 12.2. The Hall–Kier alpha value is -0.520. The van der Waals surface area contributed by atoms with Crippen LogP contribution >= 0.6 is 23.1 Å². The van der Waals surface area contributed by atoms with Crippen LogP contribution in [-0.4, -0.2) is 42.7 Å². The molecule has 3 aliphatic heterocycles. The van der Waals surface area contributed by atoms with E-state index < -0.39 is 0 Å². The van der Waals surface area contributed by atoms with Crippen LogP contribution < -0.4 is 5.32 Å². The van der Waals surface area contributed by atoms with Gasteiger partial charge in [0.15, 0.2) is 0 Å². The second-order valence-electron chi connectivity index (χ2n) is 5.04. The molecular formula is C13H18N2OS2. The van der Waals surface area contributed by atoms with Crippen LogP contribution in [-0.2, 0) is 0 Å². The van der Waals surface area contributed by atoms with Crippen LogP contribution in [0.2, 0.25) is 0 Å². The molecule has 5 heteroatoms. The van der Waals surface area contributed by atoms with E-state index in [0.29, 0.717) is 12.0 Å². The molecule has 4 heterocycles. The van der Waals surface area contributed by atoms with Gasteiger partial charge in [-0.25, -0.2) is 0 Å². The number of amides is 1. The summed E-state index contributed by atoms with van der Waals surface area (Å²) in [5, 5.41) is 3.22. The Morgan fingerprint density at radius 3 is 2.78 bits per heavy atom. The number of nitrogens with zero attached hydrogens (tertiary/aromatic N) is 1. The van der Waals surface area contributed by atoms with Crippen molar-refractivity contribution in [3.05, 3.63) is 17.0 Å². The predicted molar refractivity (Wildman–Crippen MR) is 76.5 cm³/mol. The van der Waals surface area contributed by atoms with Gasteiger partial charge < -0.3 is 10.2 Å². The lowest BCUT2D eigenvalue weighted by Gasteiger charge is -2.44. The number of carbonyl (C=O) groups is 1. The van der Waals surface area contributed by atoms with E-state index in [9.17, 15) is 4.79 Å². The SMILES string of the molecule is CSc1ccc(C(=O)NC2CN3CCC2CC3)s1. The number of hydrogen-bond acceptors (Lipinski definition) is 4. The van der Waals surface area contributed by atoms with Gasteiger partial charge in [0.2, 0.25) is 0 Å². The van der Waals surface area contributed by atoms with Gasteiger partial charge in [-0.2, -0.15) is 0 Å². The van der Waals surface area contributed by atoms with Crippen molar-refractivity contribution in [3.8, 4) is 0 Å². The molecule has 0 aliphatic carbocycles. The highest BCUT2D eigenvalue weighted by molar-refractivity contribution is 8.00. The van der Waals surface area contributed by atoms with E-state index in [1.54, 1.807) is 23.1 Å². The molecule has 0 radical (unpaired) electrons. The summed E-state index contributed by atoms with van der Waals surface area (Å²) in [6, 6.07) is 4.33. The summed E-state index contributed by atoms with van der Waals surface area (Å²) in [4.78, 5) is 15.5. The first-order chi connectivity index (χ1) is 8.76. The van der Waals surface area contributed by atoms with Crippen molar-refractivity contribution < 1.29 is 4.79 Å². The van der Waals surface area contributed by atoms with Crippen molar-refractivity contribution in [2.24, 2.45) is 5.92 Å². The van der Waals surface area contributed by atoms with Gasteiger partial charge in [-0.1, -0.05) is 0 Å². The third kappa shape index (κ3) is 2.44. The van der Waals surface area contributed by atoms with Crippen molar-refractivity contribution in [1.82, 2.24) is 10.2 Å². The molecule has 1 atom stereocenters. The molecule has 0 spiro atoms. The van der Waals surface area contributed by atoms with E-state index >= 15 is 0 Å². The Balaban J connectivity index is 1.64. The van der Waals surface area contributed by atoms with E-state index in [0.717, 1.165) is 11.4 Å². The van der Waals surface area contributed by atoms with Crippen LogP contribution in [0.3, 0.4) is 0 Å². The minimum atomic E-state index is 0.110. The van der Waals surface area contributed by atoms with Crippen molar-refractivity contribution >= 4 is 29.0 Å². The Kier molecular flexibility index (Phi) is 3.63. The van der Waals surface area contributed by atoms with Crippen LogP contribution in [0.15, 0.2) is 16.3 Å². The standard InChI is InChI=1S/C13H18N2OS2/c1-17-12-3-2-11(18-12)13(16)14-10-8-15-6-4-9(10)5-7-15/h2-3,9-10H,4-8H2,1H3,(H,14,16). The fourth-order valence-electron chi connectivity index (χ4n) is 2.92. The Morgan fingerprint density at radius 1 is 1.44 bits per heavy atom. The molecule has 4 rings (SSSR count). The minimum absolute atomic E-state index is 0.110. The number of carbonyl (C=O) groups excluding carboxylic acids is 1. The van der Waals surface area contributed by atoms with Crippen LogP contribution in [0.25, 0.3) is 0 Å². The largest absolute Gasteiger partial charge is 0.347 e. The third-order valence-corrected chi connectivity index (χ3v) is 6.15. The van der Waals surface area contributed by atoms with Gasteiger partial charge in [0.1, 0.15) is 0 Å². The molecule has 1 aromatic rings. The number of nitrogens with one attached hydrogen (secondary N) is 1. The fraction of sp³-hybridized carbons (Fsp3) is 0.615. The predicted octanol–water partition coefficient (Wildman–Crippen LogP) is 2.29. The van der Waals surface area contributed by atoms with Crippen LogP contribution in [0, 0.1) is 5.92 Å². The summed E-state index contributed by atoms with van der Waals surface area (Å²) < 4.78 is 1.20. The molecule has 0 saturated carbocycles. The highest BCUT2D eigenvalue weighted by Gasteiger charge is 2.35. The minimum Gasteiger partial charge on any atom is -0.347 e. The number of piperidine rings is 3. The van der Waals surface area contributed by atoms with Crippen molar-refractivity contribution in [2.75, 3.05) is 25.9 Å². The Bertz CT molecular complexity index is 438. The summed E-state index contributed by atoms with van der Waals surface area (Å²) in [7, 11) is 0. The lowest BCUT2D eigenvalue weighted by atomic mass is 9.84. The first kappa shape index (κ1) is 12.5. The lowest BCUT2D eigenvalue weighted by molar-refractivity contribution is 0.0622. The molecule has 3 fully saturated rings. The average Bonchev–Trinajstić information content (AvgIpc) is 2.89. The van der Waals surface area contributed by atoms with Crippen molar-refractivity contribution in [1.29, 1.82) is 0 Å². The third-order valence-electron chi connectivity index (χ3n) is 3.98. The first-order valence-corrected chi connectivity index (χ1v) is 8.47. The smallest absolute Gasteiger partial charge is 0.261 e. The summed E-state index contributed by atoms with van der Waals surface area (Å²) >= 11 is 3.28. The molecule has 3 nitrogen and oxygen atoms in total. The van der Waals surface area contributed by atoms with Crippen molar-refractivity contribution in [3.63, 3.8) is 0 Å². The molecule has 98 valence electrons. The molecule has 1 amide bonds. The van der Waals surface area contributed by atoms with Gasteiger partial charge in [-0.3, -0.25) is 4.79 Å². The van der Waals surface area contributed by atoms with E-state index in [-0.39, 0.29) is 5.91 Å². The zero-order valence-electron chi connectivity index (χ0n) is 10.5. The quantitative estimate of drug-likeness (QED) is 0.863. The van der Waals surface area contributed by atoms with Gasteiger partial charge in [0.25, 0.3) is 5.91 Å². The summed E-state index contributed by atoms with van der Waals surface area (Å²) in [6.45, 7) is 3.47. The maximum Gasteiger partial charge on any atom is 0.261 e. The topological polar surface area (TPSA) is 32.3 Å². The molecule has 1 N–H and O–H groups in total. The van der Waals surface area contributed by atoms with Crippen LogP contribution in [0.1, 0.15) is 22.5 Å². The summed E-state index contributed by atoms with van der Waals surface area (Å²) in [6.07, 6.45) is 4.53. The van der Waals surface area contributed by atoms with Gasteiger partial charge in [-0.15, -0.1) is 23.1 Å². The number of hydrogen-bond donors (Lipinski definition) is 1. The fourth-order valence-corrected chi connectivity index (χ4v) is 4.37. The normalized spacial score (nSPS) is 30.4. The van der Waals surface area contributed by atoms with Crippen LogP contribution in [0.4, 0.5) is 0 Å². The lowest BCUT2D eigenvalue weighted by Crippen LogP contribution is -2.57. The van der Waals surface area contributed by atoms with Gasteiger partial charge in [0, 0.05) is 12.6 Å². The number of fused-ring (bicyclic) bond motifs is 3. The zero-order valence-corrected chi connectivity index (χ0v) is 12.1. The highest BCUT2D eigenvalue weighted by atomic mass is 32.2. The highest BCUT2D eigenvalue weighted by Crippen LogP contribution is 2.29. The monoisotopic (exact) mass is 282 g/mol. The van der Waals surface area contributed by atoms with Crippen molar-refractivity contribution in [2.45, 2.75) is 23.1 Å². The van der Waals surface area contributed by atoms with Gasteiger partial charge in [-0.05, 0) is 50.2 Å². The zero-order chi connectivity index (χ0) is 12.5. The average molecular weight is 282 g/mol. The van der Waals surface area contributed by atoms with E-state index in [4.69, 9.17) is 0 Å². The first-order valence-electron chi connectivity index (χ1n) is 6.43. The van der Waals surface area contributed by atoms with Gasteiger partial charge >= 0.3 is 0 Å². The van der Waals surface area contributed by atoms with E-state index in [1.807, 2.05) is 18.4 Å². The molecular weight excluding hydrogens is 264 g/mol. The van der Waals surface area contributed by atoms with E-state index in [1.165, 1.54) is 30.1 Å². The molecule has 2 bridgehead atoms. The van der Waals surface area contributed by atoms with Crippen LogP contribution in [0.5, 0.6) is 0 Å². The number of thioether (sulfide) groups is 1. The number of thiophene rings is 1. The Labute approximate surface area is 116 Å². The van der Waals surface area contributed by atoms with E-state index in [2.05, 4.69) is 10.2 Å². The summed E-state index contributed by atoms with van der Waals surface area (Å²) in [5.74, 6) is 0.804. The molecule has 1 unspecified atom stereocenters. The molecule has 0 aromatic carbocycles. The van der Waals surface area contributed by atoms with Gasteiger partial charge in [0.05, 0.1) is 9.09 Å². The summed E-state index contributed by atoms with van der Waals surface area (Å²) in [5.41, 5.74) is 0. The molecule has 18 heavy (non-hydrogen) atoms. The Morgan fingerprint density at radius 2 is 2.22 bits per heavy atom. The molecule has 1 aromatic heterocycles. The molecule has 3 saturated heterocycles. The number of rotatable bonds is 3. The second-order valence-corrected chi connectivity index (χ2v) is 7.23. The molecule has 3 aliphatic rings. The second kappa shape index (κ2) is 5.23. The maximum absolute atomic E-state index is 12.2.